The van der Waals surface area contributed by atoms with Gasteiger partial charge in [-0.25, -0.2) is 0 Å². The second kappa shape index (κ2) is 7.80. The Morgan fingerprint density at radius 2 is 2.10 bits per heavy atom. The molecule has 1 aromatic rings. The summed E-state index contributed by atoms with van der Waals surface area (Å²) in [5, 5.41) is 3.77. The summed E-state index contributed by atoms with van der Waals surface area (Å²) in [5.41, 5.74) is 4.44. The zero-order chi connectivity index (χ0) is 14.4. The molecule has 1 heterocycles. The van der Waals surface area contributed by atoms with E-state index in [9.17, 15) is 0 Å². The van der Waals surface area contributed by atoms with Crippen LogP contribution in [-0.2, 0) is 17.6 Å². The molecule has 112 valence electrons. The van der Waals surface area contributed by atoms with Crippen LogP contribution in [0.25, 0.3) is 0 Å². The molecule has 2 nitrogen and oxygen atoms in total. The van der Waals surface area contributed by atoms with Gasteiger partial charge >= 0.3 is 0 Å². The summed E-state index contributed by atoms with van der Waals surface area (Å²) in [5.74, 6) is 0.624. The maximum Gasteiger partial charge on any atom is 0.0513 e. The molecule has 1 N–H and O–H groups in total. The predicted molar refractivity (Wildman–Crippen MR) is 85.2 cm³/mol. The number of nitrogens with one attached hydrogen (secondary N) is 1. The molecule has 2 rings (SSSR count). The van der Waals surface area contributed by atoms with Crippen LogP contribution in [0.3, 0.4) is 0 Å². The molecule has 1 aromatic carbocycles. The van der Waals surface area contributed by atoms with E-state index in [4.69, 9.17) is 4.74 Å². The highest BCUT2D eigenvalue weighted by Crippen LogP contribution is 2.32. The van der Waals surface area contributed by atoms with E-state index in [1.54, 1.807) is 0 Å². The highest BCUT2D eigenvalue weighted by atomic mass is 16.5. The third kappa shape index (κ3) is 3.62. The Balaban J connectivity index is 2.29. The molecule has 1 aliphatic heterocycles. The van der Waals surface area contributed by atoms with Gasteiger partial charge in [-0.15, -0.1) is 0 Å². The monoisotopic (exact) mass is 275 g/mol. The highest BCUT2D eigenvalue weighted by molar-refractivity contribution is 5.35. The quantitative estimate of drug-likeness (QED) is 0.815. The van der Waals surface area contributed by atoms with Gasteiger partial charge in [0.25, 0.3) is 0 Å². The first kappa shape index (κ1) is 15.5. The molecule has 2 unspecified atom stereocenters. The van der Waals surface area contributed by atoms with Gasteiger partial charge < -0.3 is 10.1 Å². The summed E-state index contributed by atoms with van der Waals surface area (Å²) < 4.78 is 5.63. The van der Waals surface area contributed by atoms with Crippen molar-refractivity contribution in [1.29, 1.82) is 0 Å². The van der Waals surface area contributed by atoms with Crippen molar-refractivity contribution in [2.75, 3.05) is 19.8 Å². The lowest BCUT2D eigenvalue weighted by atomic mass is 9.87. The largest absolute Gasteiger partial charge is 0.381 e. The van der Waals surface area contributed by atoms with Gasteiger partial charge in [0.05, 0.1) is 6.61 Å². The van der Waals surface area contributed by atoms with Crippen LogP contribution in [0, 0.1) is 5.92 Å². The summed E-state index contributed by atoms with van der Waals surface area (Å²) >= 11 is 0. The van der Waals surface area contributed by atoms with Gasteiger partial charge in [-0.1, -0.05) is 39.0 Å². The van der Waals surface area contributed by atoms with Gasteiger partial charge in [0.1, 0.15) is 0 Å². The normalized spacial score (nSPS) is 20.2. The van der Waals surface area contributed by atoms with E-state index in [1.165, 1.54) is 29.5 Å². The maximum atomic E-state index is 5.63. The number of hydrogen-bond donors (Lipinski definition) is 1. The van der Waals surface area contributed by atoms with Crippen LogP contribution in [-0.4, -0.2) is 19.8 Å². The molecule has 0 aromatic heterocycles. The van der Waals surface area contributed by atoms with E-state index in [2.05, 4.69) is 44.3 Å². The number of aryl methyl sites for hydroxylation is 2. The average Bonchev–Trinajstić information content (AvgIpc) is 3.01. The SMILES string of the molecule is CCCNC(c1cc(CC)ccc1CC)C1CCOC1. The van der Waals surface area contributed by atoms with Crippen molar-refractivity contribution >= 4 is 0 Å². The Bertz CT molecular complexity index is 410. The molecule has 0 saturated carbocycles. The second-order valence-electron chi connectivity index (χ2n) is 5.80. The minimum Gasteiger partial charge on any atom is -0.381 e. The van der Waals surface area contributed by atoms with Gasteiger partial charge in [-0.3, -0.25) is 0 Å². The standard InChI is InChI=1S/C18H29NO/c1-4-10-19-18(16-9-11-20-13-16)17-12-14(5-2)7-8-15(17)6-3/h7-8,12,16,18-19H,4-6,9-11,13H2,1-3H3. The second-order valence-corrected chi connectivity index (χ2v) is 5.80. The molecule has 20 heavy (non-hydrogen) atoms. The van der Waals surface area contributed by atoms with E-state index in [-0.39, 0.29) is 0 Å². The molecule has 0 spiro atoms. The fraction of sp³-hybridized carbons (Fsp3) is 0.667. The van der Waals surface area contributed by atoms with Gasteiger partial charge in [0, 0.05) is 18.6 Å². The van der Waals surface area contributed by atoms with E-state index in [1.807, 2.05) is 0 Å². The maximum absolute atomic E-state index is 5.63. The smallest absolute Gasteiger partial charge is 0.0513 e. The number of ether oxygens (including phenoxy) is 1. The lowest BCUT2D eigenvalue weighted by molar-refractivity contribution is 0.176. The van der Waals surface area contributed by atoms with Crippen LogP contribution in [0.2, 0.25) is 0 Å². The predicted octanol–water partition coefficient (Wildman–Crippen LogP) is 3.89. The minimum atomic E-state index is 0.457. The number of hydrogen-bond acceptors (Lipinski definition) is 2. The van der Waals surface area contributed by atoms with Crippen molar-refractivity contribution in [1.82, 2.24) is 5.32 Å². The van der Waals surface area contributed by atoms with E-state index < -0.39 is 0 Å². The fourth-order valence-electron chi connectivity index (χ4n) is 3.12. The molecule has 0 aliphatic carbocycles. The van der Waals surface area contributed by atoms with Crippen LogP contribution in [0.1, 0.15) is 56.3 Å². The molecular formula is C18H29NO. The third-order valence-electron chi connectivity index (χ3n) is 4.39. The Labute approximate surface area is 123 Å². The molecule has 0 radical (unpaired) electrons. The molecular weight excluding hydrogens is 246 g/mol. The van der Waals surface area contributed by atoms with E-state index >= 15 is 0 Å². The van der Waals surface area contributed by atoms with Gasteiger partial charge in [-0.2, -0.15) is 0 Å². The first-order valence-electron chi connectivity index (χ1n) is 8.22. The summed E-state index contributed by atoms with van der Waals surface area (Å²) in [6.45, 7) is 9.63. The highest BCUT2D eigenvalue weighted by Gasteiger charge is 2.28. The van der Waals surface area contributed by atoms with E-state index in [0.29, 0.717) is 12.0 Å². The van der Waals surface area contributed by atoms with Crippen LogP contribution in [0.15, 0.2) is 18.2 Å². The van der Waals surface area contributed by atoms with Crippen LogP contribution >= 0.6 is 0 Å². The summed E-state index contributed by atoms with van der Waals surface area (Å²) in [7, 11) is 0. The topological polar surface area (TPSA) is 21.3 Å². The first-order chi connectivity index (χ1) is 9.80. The van der Waals surface area contributed by atoms with Crippen LogP contribution < -0.4 is 5.32 Å². The third-order valence-corrected chi connectivity index (χ3v) is 4.39. The van der Waals surface area contributed by atoms with E-state index in [0.717, 1.165) is 32.6 Å². The molecule has 0 bridgehead atoms. The Morgan fingerprint density at radius 3 is 2.70 bits per heavy atom. The minimum absolute atomic E-state index is 0.457. The summed E-state index contributed by atoms with van der Waals surface area (Å²) in [6.07, 6.45) is 4.58. The van der Waals surface area contributed by atoms with Gasteiger partial charge in [-0.05, 0) is 48.9 Å². The van der Waals surface area contributed by atoms with Crippen molar-refractivity contribution in [2.24, 2.45) is 5.92 Å². The Morgan fingerprint density at radius 1 is 1.25 bits per heavy atom. The van der Waals surface area contributed by atoms with Crippen molar-refractivity contribution < 1.29 is 4.74 Å². The van der Waals surface area contributed by atoms with Crippen molar-refractivity contribution in [2.45, 2.75) is 52.5 Å². The number of benzene rings is 1. The summed E-state index contributed by atoms with van der Waals surface area (Å²) in [6, 6.07) is 7.48. The van der Waals surface area contributed by atoms with Gasteiger partial charge in [0.15, 0.2) is 0 Å². The Hall–Kier alpha value is -0.860. The molecule has 1 fully saturated rings. The first-order valence-corrected chi connectivity index (χ1v) is 8.22. The van der Waals surface area contributed by atoms with Crippen molar-refractivity contribution in [3.8, 4) is 0 Å². The van der Waals surface area contributed by atoms with Crippen LogP contribution in [0.5, 0.6) is 0 Å². The summed E-state index contributed by atoms with van der Waals surface area (Å²) in [4.78, 5) is 0. The number of rotatable bonds is 7. The molecule has 2 atom stereocenters. The lowest BCUT2D eigenvalue weighted by Crippen LogP contribution is -2.30. The zero-order valence-corrected chi connectivity index (χ0v) is 13.2. The molecule has 1 aliphatic rings. The molecule has 1 saturated heterocycles. The fourth-order valence-corrected chi connectivity index (χ4v) is 3.12. The zero-order valence-electron chi connectivity index (χ0n) is 13.2. The molecule has 0 amide bonds. The van der Waals surface area contributed by atoms with Crippen molar-refractivity contribution in [3.05, 3.63) is 34.9 Å². The lowest BCUT2D eigenvalue weighted by Gasteiger charge is -2.27. The molecule has 2 heteroatoms. The van der Waals surface area contributed by atoms with Crippen molar-refractivity contribution in [3.63, 3.8) is 0 Å². The Kier molecular flexibility index (Phi) is 6.06. The average molecular weight is 275 g/mol. The van der Waals surface area contributed by atoms with Crippen LogP contribution in [0.4, 0.5) is 0 Å². The van der Waals surface area contributed by atoms with Gasteiger partial charge in [0.2, 0.25) is 0 Å².